The summed E-state index contributed by atoms with van der Waals surface area (Å²) in [4.78, 5) is 18.0. The van der Waals surface area contributed by atoms with Crippen molar-refractivity contribution in [3.05, 3.63) is 64.4 Å². The molecule has 23 heavy (non-hydrogen) atoms. The Labute approximate surface area is 130 Å². The lowest BCUT2D eigenvalue weighted by Gasteiger charge is -2.06. The first-order valence-electron chi connectivity index (χ1n) is 6.62. The maximum absolute atomic E-state index is 13.5. The van der Waals surface area contributed by atoms with E-state index in [1.54, 1.807) is 31.5 Å². The number of aryl methyl sites for hydroxylation is 1. The quantitative estimate of drug-likeness (QED) is 0.581. The van der Waals surface area contributed by atoms with E-state index >= 15 is 0 Å². The van der Waals surface area contributed by atoms with Crippen molar-refractivity contribution < 1.29 is 13.7 Å². The van der Waals surface area contributed by atoms with E-state index in [1.165, 1.54) is 6.20 Å². The molecule has 0 radical (unpaired) electrons. The molecule has 0 amide bonds. The standard InChI is InChI=1S/C15H11FN4O3/c1-9-6-11(16)13(20(21)22)7-12(9)19-15-18-8-14(23-15)10-2-4-17-5-3-10/h2-8H,1H3,(H,18,19). The number of hydrogen-bond donors (Lipinski definition) is 1. The van der Waals surface area contributed by atoms with Crippen molar-refractivity contribution in [2.45, 2.75) is 6.92 Å². The first-order valence-corrected chi connectivity index (χ1v) is 6.62. The zero-order valence-electron chi connectivity index (χ0n) is 12.0. The molecule has 0 saturated heterocycles. The van der Waals surface area contributed by atoms with Gasteiger partial charge in [-0.05, 0) is 30.7 Å². The van der Waals surface area contributed by atoms with Crippen molar-refractivity contribution in [2.24, 2.45) is 0 Å². The fourth-order valence-electron chi connectivity index (χ4n) is 2.03. The van der Waals surface area contributed by atoms with Crippen molar-refractivity contribution in [1.82, 2.24) is 9.97 Å². The number of anilines is 2. The van der Waals surface area contributed by atoms with Crippen LogP contribution in [-0.4, -0.2) is 14.9 Å². The highest BCUT2D eigenvalue weighted by molar-refractivity contribution is 5.64. The third-order valence-electron chi connectivity index (χ3n) is 3.20. The highest BCUT2D eigenvalue weighted by Gasteiger charge is 2.18. The summed E-state index contributed by atoms with van der Waals surface area (Å²) in [5.41, 5.74) is 1.03. The number of aromatic nitrogens is 2. The molecule has 1 aromatic carbocycles. The van der Waals surface area contributed by atoms with Crippen LogP contribution in [0, 0.1) is 22.9 Å². The molecule has 0 unspecified atom stereocenters. The molecule has 0 atom stereocenters. The number of halogens is 1. The minimum Gasteiger partial charge on any atom is -0.423 e. The molecular formula is C15H11FN4O3. The molecule has 0 aliphatic heterocycles. The molecular weight excluding hydrogens is 303 g/mol. The lowest BCUT2D eigenvalue weighted by atomic mass is 10.1. The summed E-state index contributed by atoms with van der Waals surface area (Å²) in [7, 11) is 0. The normalized spacial score (nSPS) is 10.5. The Morgan fingerprint density at radius 1 is 1.30 bits per heavy atom. The average molecular weight is 314 g/mol. The van der Waals surface area contributed by atoms with Crippen LogP contribution in [0.15, 0.2) is 47.3 Å². The Morgan fingerprint density at radius 3 is 2.74 bits per heavy atom. The summed E-state index contributed by atoms with van der Waals surface area (Å²) in [5.74, 6) is -0.368. The smallest absolute Gasteiger partial charge is 0.306 e. The molecule has 0 aliphatic rings. The van der Waals surface area contributed by atoms with Gasteiger partial charge in [0, 0.05) is 24.0 Å². The predicted octanol–water partition coefficient (Wildman–Crippen LogP) is 3.84. The Morgan fingerprint density at radius 2 is 2.04 bits per heavy atom. The van der Waals surface area contributed by atoms with Gasteiger partial charge in [0.25, 0.3) is 6.01 Å². The first kappa shape index (κ1) is 14.6. The number of nitro benzene ring substituents is 1. The molecule has 7 nitrogen and oxygen atoms in total. The van der Waals surface area contributed by atoms with Crippen molar-refractivity contribution in [3.8, 4) is 11.3 Å². The molecule has 8 heteroatoms. The van der Waals surface area contributed by atoms with Gasteiger partial charge in [-0.25, -0.2) is 4.98 Å². The van der Waals surface area contributed by atoms with Crippen LogP contribution in [0.5, 0.6) is 0 Å². The first-order chi connectivity index (χ1) is 11.0. The summed E-state index contributed by atoms with van der Waals surface area (Å²) < 4.78 is 19.1. The molecule has 0 aliphatic carbocycles. The number of nitrogens with zero attached hydrogens (tertiary/aromatic N) is 3. The lowest BCUT2D eigenvalue weighted by molar-refractivity contribution is -0.387. The van der Waals surface area contributed by atoms with Crippen LogP contribution in [0.3, 0.4) is 0 Å². The minimum absolute atomic E-state index is 0.154. The van der Waals surface area contributed by atoms with Crippen LogP contribution in [0.2, 0.25) is 0 Å². The van der Waals surface area contributed by atoms with E-state index in [9.17, 15) is 14.5 Å². The number of hydrogen-bond acceptors (Lipinski definition) is 6. The SMILES string of the molecule is Cc1cc(F)c([N+](=O)[O-])cc1Nc1ncc(-c2ccncc2)o1. The van der Waals surface area contributed by atoms with Crippen LogP contribution >= 0.6 is 0 Å². The van der Waals surface area contributed by atoms with Gasteiger partial charge in [0.15, 0.2) is 5.76 Å². The summed E-state index contributed by atoms with van der Waals surface area (Å²) in [6, 6.07) is 5.88. The fourth-order valence-corrected chi connectivity index (χ4v) is 2.03. The Bertz CT molecular complexity index is 864. The van der Waals surface area contributed by atoms with Crippen molar-refractivity contribution in [3.63, 3.8) is 0 Å². The second-order valence-corrected chi connectivity index (χ2v) is 4.77. The summed E-state index contributed by atoms with van der Waals surface area (Å²) >= 11 is 0. The second kappa shape index (κ2) is 5.84. The van der Waals surface area contributed by atoms with Crippen LogP contribution in [0.1, 0.15) is 5.56 Å². The average Bonchev–Trinajstić information content (AvgIpc) is 2.99. The van der Waals surface area contributed by atoms with Crippen molar-refractivity contribution in [2.75, 3.05) is 5.32 Å². The zero-order valence-corrected chi connectivity index (χ0v) is 12.0. The van der Waals surface area contributed by atoms with E-state index in [2.05, 4.69) is 15.3 Å². The van der Waals surface area contributed by atoms with E-state index in [-0.39, 0.29) is 6.01 Å². The number of oxazole rings is 1. The Kier molecular flexibility index (Phi) is 3.71. The molecule has 0 saturated carbocycles. The van der Waals surface area contributed by atoms with Gasteiger partial charge in [0.2, 0.25) is 5.82 Å². The van der Waals surface area contributed by atoms with Gasteiger partial charge in [-0.15, -0.1) is 0 Å². The number of pyridine rings is 1. The van der Waals surface area contributed by atoms with E-state index in [0.717, 1.165) is 17.7 Å². The highest BCUT2D eigenvalue weighted by Crippen LogP contribution is 2.29. The van der Waals surface area contributed by atoms with Crippen LogP contribution in [-0.2, 0) is 0 Å². The maximum atomic E-state index is 13.5. The minimum atomic E-state index is -0.886. The van der Waals surface area contributed by atoms with Crippen LogP contribution in [0.25, 0.3) is 11.3 Å². The third-order valence-corrected chi connectivity index (χ3v) is 3.20. The number of nitrogens with one attached hydrogen (secondary N) is 1. The van der Waals surface area contributed by atoms with Gasteiger partial charge in [0.1, 0.15) is 0 Å². The van der Waals surface area contributed by atoms with E-state index in [1.807, 2.05) is 0 Å². The van der Waals surface area contributed by atoms with Gasteiger partial charge < -0.3 is 9.73 Å². The van der Waals surface area contributed by atoms with Gasteiger partial charge in [-0.2, -0.15) is 4.39 Å². The molecule has 0 spiro atoms. The van der Waals surface area contributed by atoms with Crippen molar-refractivity contribution in [1.29, 1.82) is 0 Å². The van der Waals surface area contributed by atoms with E-state index in [0.29, 0.717) is 17.0 Å². The Balaban J connectivity index is 1.90. The summed E-state index contributed by atoms with van der Waals surface area (Å²) in [6.07, 6.45) is 4.77. The highest BCUT2D eigenvalue weighted by atomic mass is 19.1. The van der Waals surface area contributed by atoms with Gasteiger partial charge in [0.05, 0.1) is 16.8 Å². The van der Waals surface area contributed by atoms with E-state index < -0.39 is 16.4 Å². The molecule has 0 fully saturated rings. The van der Waals surface area contributed by atoms with Crippen molar-refractivity contribution >= 4 is 17.4 Å². The topological polar surface area (TPSA) is 94.1 Å². The fraction of sp³-hybridized carbons (Fsp3) is 0.0667. The number of rotatable bonds is 4. The second-order valence-electron chi connectivity index (χ2n) is 4.77. The monoisotopic (exact) mass is 314 g/mol. The van der Waals surface area contributed by atoms with Gasteiger partial charge in [-0.3, -0.25) is 15.1 Å². The predicted molar refractivity (Wildman–Crippen MR) is 80.8 cm³/mol. The van der Waals surface area contributed by atoms with Gasteiger partial charge in [-0.1, -0.05) is 0 Å². The molecule has 1 N–H and O–H groups in total. The molecule has 0 bridgehead atoms. The lowest BCUT2D eigenvalue weighted by Crippen LogP contribution is -1.98. The van der Waals surface area contributed by atoms with Gasteiger partial charge >= 0.3 is 5.69 Å². The Hall–Kier alpha value is -3.29. The molecule has 3 rings (SSSR count). The summed E-state index contributed by atoms with van der Waals surface area (Å²) in [6.45, 7) is 1.63. The molecule has 2 heterocycles. The molecule has 116 valence electrons. The summed E-state index contributed by atoms with van der Waals surface area (Å²) in [5, 5.41) is 13.6. The largest absolute Gasteiger partial charge is 0.423 e. The van der Waals surface area contributed by atoms with Crippen LogP contribution in [0.4, 0.5) is 21.8 Å². The molecule has 2 aromatic heterocycles. The third kappa shape index (κ3) is 3.00. The van der Waals surface area contributed by atoms with Crippen LogP contribution < -0.4 is 5.32 Å². The molecule has 3 aromatic rings. The number of nitro groups is 1. The zero-order chi connectivity index (χ0) is 16.4. The maximum Gasteiger partial charge on any atom is 0.306 e. The number of benzene rings is 1. The van der Waals surface area contributed by atoms with E-state index in [4.69, 9.17) is 4.42 Å².